The van der Waals surface area contributed by atoms with Gasteiger partial charge < -0.3 is 15.2 Å². The molecular formula is C25H27N3O2S. The molecule has 0 bridgehead atoms. The van der Waals surface area contributed by atoms with Crippen LogP contribution in [-0.4, -0.2) is 18.0 Å². The van der Waals surface area contributed by atoms with Gasteiger partial charge in [-0.1, -0.05) is 71.9 Å². The molecule has 0 saturated carbocycles. The monoisotopic (exact) mass is 433 g/mol. The lowest BCUT2D eigenvalue weighted by Gasteiger charge is -2.13. The maximum Gasteiger partial charge on any atom is 0.180 e. The molecule has 0 saturated heterocycles. The van der Waals surface area contributed by atoms with E-state index >= 15 is 0 Å². The van der Waals surface area contributed by atoms with Crippen molar-refractivity contribution in [3.63, 3.8) is 0 Å². The predicted octanol–water partition coefficient (Wildman–Crippen LogP) is 5.55. The molecule has 0 radical (unpaired) electrons. The maximum absolute atomic E-state index is 5.98. The fourth-order valence-corrected chi connectivity index (χ4v) is 3.48. The van der Waals surface area contributed by atoms with Gasteiger partial charge in [0.2, 0.25) is 0 Å². The van der Waals surface area contributed by atoms with Gasteiger partial charge in [0.15, 0.2) is 16.7 Å². The molecule has 0 atom stereocenters. The largest absolute Gasteiger partial charge is 0.490 e. The number of rotatable bonds is 9. The lowest BCUT2D eigenvalue weighted by Crippen LogP contribution is -2.06. The molecule has 5 nitrogen and oxygen atoms in total. The number of nitrogens with two attached hydrogens (primary N) is 1. The minimum atomic E-state index is 0.420. The minimum Gasteiger partial charge on any atom is -0.490 e. The van der Waals surface area contributed by atoms with Crippen molar-refractivity contribution in [2.45, 2.75) is 26.2 Å². The standard InChI is InChI=1S/C25H27N3O2S/c1-3-29-24-15-21(12-13-23(24)30-17-22-11-7-8-19(2)14-22)16-27-28-25(26)31-18-20-9-5-4-6-10-20/h4-16H,3,17-18H2,1-2H3,(H2,26,28). The van der Waals surface area contributed by atoms with Crippen molar-refractivity contribution in [1.82, 2.24) is 0 Å². The van der Waals surface area contributed by atoms with Crippen molar-refractivity contribution in [1.29, 1.82) is 0 Å². The molecular weight excluding hydrogens is 406 g/mol. The van der Waals surface area contributed by atoms with Gasteiger partial charge in [-0.3, -0.25) is 0 Å². The van der Waals surface area contributed by atoms with E-state index in [2.05, 4.69) is 41.4 Å². The van der Waals surface area contributed by atoms with Crippen molar-refractivity contribution in [3.05, 3.63) is 95.1 Å². The fraction of sp³-hybridized carbons (Fsp3) is 0.200. The molecule has 2 N–H and O–H groups in total. The summed E-state index contributed by atoms with van der Waals surface area (Å²) >= 11 is 1.45. The van der Waals surface area contributed by atoms with E-state index in [4.69, 9.17) is 15.2 Å². The van der Waals surface area contributed by atoms with Crippen molar-refractivity contribution < 1.29 is 9.47 Å². The van der Waals surface area contributed by atoms with Gasteiger partial charge in [-0.25, -0.2) is 0 Å². The topological polar surface area (TPSA) is 69.2 Å². The highest BCUT2D eigenvalue weighted by Crippen LogP contribution is 2.29. The smallest absolute Gasteiger partial charge is 0.180 e. The molecule has 0 aliphatic carbocycles. The summed E-state index contributed by atoms with van der Waals surface area (Å²) in [5.74, 6) is 2.13. The van der Waals surface area contributed by atoms with E-state index in [0.29, 0.717) is 29.9 Å². The summed E-state index contributed by atoms with van der Waals surface area (Å²) in [6, 6.07) is 24.1. The minimum absolute atomic E-state index is 0.420. The van der Waals surface area contributed by atoms with Crippen molar-refractivity contribution >= 4 is 23.1 Å². The summed E-state index contributed by atoms with van der Waals surface area (Å²) in [5, 5.41) is 8.60. The number of benzene rings is 3. The summed E-state index contributed by atoms with van der Waals surface area (Å²) < 4.78 is 11.7. The molecule has 0 fully saturated rings. The summed E-state index contributed by atoms with van der Waals surface area (Å²) in [6.45, 7) is 5.04. The van der Waals surface area contributed by atoms with Crippen LogP contribution in [0.25, 0.3) is 0 Å². The Hall–Kier alpha value is -3.25. The van der Waals surface area contributed by atoms with Crippen LogP contribution < -0.4 is 15.2 Å². The Labute approximate surface area is 188 Å². The molecule has 0 heterocycles. The van der Waals surface area contributed by atoms with E-state index in [1.54, 1.807) is 6.21 Å². The average molecular weight is 434 g/mol. The molecule has 0 amide bonds. The van der Waals surface area contributed by atoms with Crippen LogP contribution in [-0.2, 0) is 12.4 Å². The maximum atomic E-state index is 5.98. The van der Waals surface area contributed by atoms with Crippen LogP contribution >= 0.6 is 11.8 Å². The SMILES string of the molecule is CCOc1cc(C=NN=C(N)SCc2ccccc2)ccc1OCc1cccc(C)c1. The van der Waals surface area contributed by atoms with Gasteiger partial charge in [-0.2, -0.15) is 5.10 Å². The summed E-state index contributed by atoms with van der Waals surface area (Å²) in [4.78, 5) is 0. The van der Waals surface area contributed by atoms with Crippen LogP contribution in [0, 0.1) is 6.92 Å². The molecule has 3 rings (SSSR count). The highest BCUT2D eigenvalue weighted by Gasteiger charge is 2.07. The van der Waals surface area contributed by atoms with Crippen LogP contribution in [0.5, 0.6) is 11.5 Å². The van der Waals surface area contributed by atoms with Crippen LogP contribution in [0.2, 0.25) is 0 Å². The first kappa shape index (κ1) is 22.4. The molecule has 0 aliphatic rings. The Bertz CT molecular complexity index is 1040. The summed E-state index contributed by atoms with van der Waals surface area (Å²) in [6.07, 6.45) is 1.66. The molecule has 6 heteroatoms. The Kier molecular flexibility index (Phi) is 8.55. The number of ether oxygens (including phenoxy) is 2. The highest BCUT2D eigenvalue weighted by atomic mass is 32.2. The number of nitrogens with zero attached hydrogens (tertiary/aromatic N) is 2. The first-order chi connectivity index (χ1) is 15.1. The second kappa shape index (κ2) is 11.8. The van der Waals surface area contributed by atoms with Crippen molar-refractivity contribution in [3.8, 4) is 11.5 Å². The first-order valence-electron chi connectivity index (χ1n) is 10.1. The average Bonchev–Trinajstić information content (AvgIpc) is 2.78. The number of hydrogen-bond donors (Lipinski definition) is 1. The molecule has 0 aromatic heterocycles. The van der Waals surface area contributed by atoms with Gasteiger partial charge in [0, 0.05) is 5.75 Å². The van der Waals surface area contributed by atoms with E-state index in [1.165, 1.54) is 22.9 Å². The quantitative estimate of drug-likeness (QED) is 0.273. The third-order valence-electron chi connectivity index (χ3n) is 4.34. The third-order valence-corrected chi connectivity index (χ3v) is 5.19. The molecule has 0 unspecified atom stereocenters. The first-order valence-corrected chi connectivity index (χ1v) is 11.1. The Balaban J connectivity index is 1.61. The van der Waals surface area contributed by atoms with Gasteiger partial charge in [0.1, 0.15) is 6.61 Å². The second-order valence-electron chi connectivity index (χ2n) is 6.87. The predicted molar refractivity (Wildman–Crippen MR) is 130 cm³/mol. The van der Waals surface area contributed by atoms with Crippen molar-refractivity contribution in [2.75, 3.05) is 6.61 Å². The van der Waals surface area contributed by atoms with Crippen LogP contribution in [0.1, 0.15) is 29.2 Å². The fourth-order valence-electron chi connectivity index (χ4n) is 2.87. The number of hydrogen-bond acceptors (Lipinski definition) is 5. The number of aryl methyl sites for hydroxylation is 1. The van der Waals surface area contributed by atoms with Gasteiger partial charge in [0.05, 0.1) is 12.8 Å². The number of thioether (sulfide) groups is 1. The lowest BCUT2D eigenvalue weighted by atomic mass is 10.1. The van der Waals surface area contributed by atoms with Crippen LogP contribution in [0.3, 0.4) is 0 Å². The molecule has 3 aromatic carbocycles. The Morgan fingerprint density at radius 1 is 0.935 bits per heavy atom. The number of amidine groups is 1. The third kappa shape index (κ3) is 7.50. The van der Waals surface area contributed by atoms with E-state index in [-0.39, 0.29) is 0 Å². The summed E-state index contributed by atoms with van der Waals surface area (Å²) in [7, 11) is 0. The Morgan fingerprint density at radius 2 is 1.74 bits per heavy atom. The zero-order valence-corrected chi connectivity index (χ0v) is 18.6. The molecule has 0 spiro atoms. The lowest BCUT2D eigenvalue weighted by molar-refractivity contribution is 0.269. The van der Waals surface area contributed by atoms with E-state index in [9.17, 15) is 0 Å². The van der Waals surface area contributed by atoms with Gasteiger partial charge in [-0.15, -0.1) is 5.10 Å². The molecule has 0 aliphatic heterocycles. The normalized spacial score (nSPS) is 11.6. The van der Waals surface area contributed by atoms with Crippen LogP contribution in [0.15, 0.2) is 83.0 Å². The van der Waals surface area contributed by atoms with Crippen molar-refractivity contribution in [2.24, 2.45) is 15.9 Å². The molecule has 160 valence electrons. The van der Waals surface area contributed by atoms with Crippen LogP contribution in [0.4, 0.5) is 0 Å². The van der Waals surface area contributed by atoms with E-state index in [1.807, 2.05) is 55.5 Å². The van der Waals surface area contributed by atoms with E-state index in [0.717, 1.165) is 16.9 Å². The molecule has 3 aromatic rings. The van der Waals surface area contributed by atoms with Gasteiger partial charge in [0.25, 0.3) is 0 Å². The second-order valence-corrected chi connectivity index (χ2v) is 7.87. The molecule has 31 heavy (non-hydrogen) atoms. The van der Waals surface area contributed by atoms with E-state index < -0.39 is 0 Å². The summed E-state index contributed by atoms with van der Waals surface area (Å²) in [5.41, 5.74) is 10.3. The Morgan fingerprint density at radius 3 is 2.52 bits per heavy atom. The van der Waals surface area contributed by atoms with Gasteiger partial charge in [-0.05, 0) is 48.7 Å². The zero-order valence-electron chi connectivity index (χ0n) is 17.8. The highest BCUT2D eigenvalue weighted by molar-refractivity contribution is 8.13. The van der Waals surface area contributed by atoms with Gasteiger partial charge >= 0.3 is 0 Å². The zero-order chi connectivity index (χ0) is 21.9.